The Kier molecular flexibility index (Phi) is 2.59. The molecule has 1 aliphatic rings. The van der Waals surface area contributed by atoms with Crippen molar-refractivity contribution >= 4 is 16.9 Å². The molecule has 0 unspecified atom stereocenters. The SMILES string of the molecule is CN1CC[C@@H](c2ccc3[nH]c(C(=O)O)cc3c2)C1. The van der Waals surface area contributed by atoms with Gasteiger partial charge < -0.3 is 15.0 Å². The van der Waals surface area contributed by atoms with E-state index in [9.17, 15) is 4.79 Å². The number of aromatic nitrogens is 1. The summed E-state index contributed by atoms with van der Waals surface area (Å²) in [6.45, 7) is 2.22. The first-order valence-corrected chi connectivity index (χ1v) is 6.18. The predicted octanol–water partition coefficient (Wildman–Crippen LogP) is 2.29. The number of fused-ring (bicyclic) bond motifs is 1. The lowest BCUT2D eigenvalue weighted by atomic mass is 9.97. The smallest absolute Gasteiger partial charge is 0.352 e. The summed E-state index contributed by atoms with van der Waals surface area (Å²) < 4.78 is 0. The van der Waals surface area contributed by atoms with Gasteiger partial charge in [-0.05, 0) is 49.7 Å². The van der Waals surface area contributed by atoms with Crippen LogP contribution in [0.4, 0.5) is 0 Å². The number of carbonyl (C=O) groups is 1. The first-order valence-electron chi connectivity index (χ1n) is 6.18. The fourth-order valence-electron chi connectivity index (χ4n) is 2.73. The summed E-state index contributed by atoms with van der Waals surface area (Å²) in [5.74, 6) is -0.337. The van der Waals surface area contributed by atoms with Crippen LogP contribution in [0.2, 0.25) is 0 Å². The van der Waals surface area contributed by atoms with E-state index in [0.29, 0.717) is 5.92 Å². The van der Waals surface area contributed by atoms with Crippen LogP contribution in [0.3, 0.4) is 0 Å². The first kappa shape index (κ1) is 11.3. The fourth-order valence-corrected chi connectivity index (χ4v) is 2.73. The lowest BCUT2D eigenvalue weighted by Crippen LogP contribution is -2.13. The van der Waals surface area contributed by atoms with Gasteiger partial charge in [-0.1, -0.05) is 6.07 Å². The summed E-state index contributed by atoms with van der Waals surface area (Å²) in [7, 11) is 2.14. The number of likely N-dealkylation sites (N-methyl/N-ethyl adjacent to an activating group) is 1. The Labute approximate surface area is 105 Å². The molecular weight excluding hydrogens is 228 g/mol. The minimum absolute atomic E-state index is 0.255. The molecule has 0 aliphatic carbocycles. The van der Waals surface area contributed by atoms with E-state index in [0.717, 1.165) is 24.0 Å². The van der Waals surface area contributed by atoms with Crippen LogP contribution in [-0.2, 0) is 0 Å². The number of rotatable bonds is 2. The summed E-state index contributed by atoms with van der Waals surface area (Å²) in [6, 6.07) is 7.91. The third-order valence-corrected chi connectivity index (χ3v) is 3.74. The average molecular weight is 244 g/mol. The molecule has 2 N–H and O–H groups in total. The van der Waals surface area contributed by atoms with Crippen LogP contribution in [0.25, 0.3) is 10.9 Å². The van der Waals surface area contributed by atoms with Crippen LogP contribution >= 0.6 is 0 Å². The van der Waals surface area contributed by atoms with Gasteiger partial charge in [0.1, 0.15) is 5.69 Å². The van der Waals surface area contributed by atoms with Gasteiger partial charge in [-0.15, -0.1) is 0 Å². The number of aromatic carboxylic acids is 1. The second-order valence-electron chi connectivity index (χ2n) is 5.08. The van der Waals surface area contributed by atoms with Crippen molar-refractivity contribution in [3.63, 3.8) is 0 Å². The molecule has 2 heterocycles. The van der Waals surface area contributed by atoms with Gasteiger partial charge >= 0.3 is 5.97 Å². The van der Waals surface area contributed by atoms with E-state index in [2.05, 4.69) is 29.1 Å². The van der Waals surface area contributed by atoms with Crippen molar-refractivity contribution < 1.29 is 9.90 Å². The molecule has 1 atom stereocenters. The largest absolute Gasteiger partial charge is 0.477 e. The maximum Gasteiger partial charge on any atom is 0.352 e. The van der Waals surface area contributed by atoms with Gasteiger partial charge in [0.2, 0.25) is 0 Å². The summed E-state index contributed by atoms with van der Waals surface area (Å²) >= 11 is 0. The van der Waals surface area contributed by atoms with Crippen molar-refractivity contribution in [1.29, 1.82) is 0 Å². The highest BCUT2D eigenvalue weighted by atomic mass is 16.4. The number of nitrogens with one attached hydrogen (secondary N) is 1. The number of aromatic amines is 1. The zero-order chi connectivity index (χ0) is 12.7. The first-order chi connectivity index (χ1) is 8.63. The Bertz CT molecular complexity index is 603. The summed E-state index contributed by atoms with van der Waals surface area (Å²) in [4.78, 5) is 16.2. The Morgan fingerprint density at radius 2 is 2.28 bits per heavy atom. The Balaban J connectivity index is 1.97. The van der Waals surface area contributed by atoms with Crippen molar-refractivity contribution in [3.8, 4) is 0 Å². The minimum atomic E-state index is -0.909. The molecule has 4 heteroatoms. The monoisotopic (exact) mass is 244 g/mol. The van der Waals surface area contributed by atoms with E-state index in [4.69, 9.17) is 5.11 Å². The third kappa shape index (κ3) is 1.88. The topological polar surface area (TPSA) is 56.3 Å². The van der Waals surface area contributed by atoms with E-state index in [-0.39, 0.29) is 5.69 Å². The van der Waals surface area contributed by atoms with Crippen molar-refractivity contribution in [1.82, 2.24) is 9.88 Å². The Morgan fingerprint density at radius 1 is 1.44 bits per heavy atom. The van der Waals surface area contributed by atoms with Crippen LogP contribution in [0.1, 0.15) is 28.4 Å². The lowest BCUT2D eigenvalue weighted by molar-refractivity contribution is 0.0691. The van der Waals surface area contributed by atoms with Crippen molar-refractivity contribution in [2.75, 3.05) is 20.1 Å². The average Bonchev–Trinajstić information content (AvgIpc) is 2.93. The van der Waals surface area contributed by atoms with Gasteiger partial charge in [-0.2, -0.15) is 0 Å². The molecule has 2 aromatic rings. The van der Waals surface area contributed by atoms with Crippen LogP contribution in [0.5, 0.6) is 0 Å². The molecule has 4 nitrogen and oxygen atoms in total. The number of hydrogen-bond acceptors (Lipinski definition) is 2. The number of benzene rings is 1. The molecule has 94 valence electrons. The van der Waals surface area contributed by atoms with Crippen LogP contribution in [0, 0.1) is 0 Å². The molecule has 18 heavy (non-hydrogen) atoms. The number of nitrogens with zero attached hydrogens (tertiary/aromatic N) is 1. The summed E-state index contributed by atoms with van der Waals surface area (Å²) in [5, 5.41) is 9.95. The van der Waals surface area contributed by atoms with E-state index in [1.54, 1.807) is 6.07 Å². The molecule has 1 aliphatic heterocycles. The van der Waals surface area contributed by atoms with Crippen molar-refractivity contribution in [2.24, 2.45) is 0 Å². The maximum atomic E-state index is 10.9. The second-order valence-corrected chi connectivity index (χ2v) is 5.08. The number of carboxylic acids is 1. The highest BCUT2D eigenvalue weighted by Gasteiger charge is 2.21. The van der Waals surface area contributed by atoms with Gasteiger partial charge in [-0.25, -0.2) is 4.79 Å². The Hall–Kier alpha value is -1.81. The zero-order valence-electron chi connectivity index (χ0n) is 10.3. The van der Waals surface area contributed by atoms with Gasteiger partial charge in [0, 0.05) is 17.4 Å². The highest BCUT2D eigenvalue weighted by molar-refractivity contribution is 5.93. The van der Waals surface area contributed by atoms with Gasteiger partial charge in [0.05, 0.1) is 0 Å². The molecule has 1 saturated heterocycles. The standard InChI is InChI=1S/C14H16N2O2/c1-16-5-4-10(8-16)9-2-3-12-11(6-9)7-13(15-12)14(17)18/h2-3,6-7,10,15H,4-5,8H2,1H3,(H,17,18)/t10-/m1/s1. The van der Waals surface area contributed by atoms with E-state index in [1.807, 2.05) is 6.07 Å². The van der Waals surface area contributed by atoms with E-state index in [1.165, 1.54) is 12.0 Å². The normalized spacial score (nSPS) is 20.6. The molecule has 1 fully saturated rings. The van der Waals surface area contributed by atoms with Crippen molar-refractivity contribution in [2.45, 2.75) is 12.3 Å². The quantitative estimate of drug-likeness (QED) is 0.852. The van der Waals surface area contributed by atoms with Crippen LogP contribution < -0.4 is 0 Å². The number of carboxylic acid groups (broad SMARTS) is 1. The summed E-state index contributed by atoms with van der Waals surface area (Å²) in [5.41, 5.74) is 2.45. The Morgan fingerprint density at radius 3 is 2.94 bits per heavy atom. The number of likely N-dealkylation sites (tertiary alicyclic amines) is 1. The van der Waals surface area contributed by atoms with Gasteiger partial charge in [0.15, 0.2) is 0 Å². The lowest BCUT2D eigenvalue weighted by Gasteiger charge is -2.10. The fraction of sp³-hybridized carbons (Fsp3) is 0.357. The van der Waals surface area contributed by atoms with E-state index < -0.39 is 5.97 Å². The molecule has 0 radical (unpaired) electrons. The molecule has 0 spiro atoms. The highest BCUT2D eigenvalue weighted by Crippen LogP contribution is 2.28. The molecule has 3 rings (SSSR count). The number of H-pyrrole nitrogens is 1. The van der Waals surface area contributed by atoms with Crippen LogP contribution in [0.15, 0.2) is 24.3 Å². The minimum Gasteiger partial charge on any atom is -0.477 e. The number of hydrogen-bond donors (Lipinski definition) is 2. The van der Waals surface area contributed by atoms with E-state index >= 15 is 0 Å². The maximum absolute atomic E-state index is 10.9. The molecular formula is C14H16N2O2. The predicted molar refractivity (Wildman–Crippen MR) is 70.1 cm³/mol. The molecule has 0 bridgehead atoms. The molecule has 1 aromatic carbocycles. The molecule has 0 saturated carbocycles. The van der Waals surface area contributed by atoms with Crippen molar-refractivity contribution in [3.05, 3.63) is 35.5 Å². The third-order valence-electron chi connectivity index (χ3n) is 3.74. The zero-order valence-corrected chi connectivity index (χ0v) is 10.3. The van der Waals surface area contributed by atoms with Crippen LogP contribution in [-0.4, -0.2) is 41.1 Å². The summed E-state index contributed by atoms with van der Waals surface area (Å²) in [6.07, 6.45) is 1.18. The second kappa shape index (κ2) is 4.14. The molecule has 1 aromatic heterocycles. The molecule has 0 amide bonds. The van der Waals surface area contributed by atoms with Gasteiger partial charge in [-0.3, -0.25) is 0 Å². The van der Waals surface area contributed by atoms with Gasteiger partial charge in [0.25, 0.3) is 0 Å².